The van der Waals surface area contributed by atoms with Gasteiger partial charge in [-0.1, -0.05) is 68.4 Å². The van der Waals surface area contributed by atoms with E-state index >= 15 is 0 Å². The first-order valence-corrected chi connectivity index (χ1v) is 11.9. The largest absolute Gasteiger partial charge is 0.302 e. The average Bonchev–Trinajstić information content (AvgIpc) is 3.22. The number of benzene rings is 3. The van der Waals surface area contributed by atoms with Gasteiger partial charge in [0, 0.05) is 29.2 Å². The normalized spacial score (nSPS) is 17.9. The molecule has 0 saturated heterocycles. The Labute approximate surface area is 195 Å². The van der Waals surface area contributed by atoms with Crippen molar-refractivity contribution in [3.63, 3.8) is 0 Å². The SMILES string of the molecule is CCC1(CC)CC2N(c3ccccc3)c3nccnc3N2c2ccc(-c3ccccc3)cc21. The molecule has 3 aromatic carbocycles. The van der Waals surface area contributed by atoms with Crippen LogP contribution in [0.3, 0.4) is 0 Å². The Morgan fingerprint density at radius 2 is 1.39 bits per heavy atom. The van der Waals surface area contributed by atoms with Crippen LogP contribution < -0.4 is 9.80 Å². The lowest BCUT2D eigenvalue weighted by Crippen LogP contribution is -2.48. The molecule has 2 aliphatic rings. The van der Waals surface area contributed by atoms with E-state index in [-0.39, 0.29) is 11.6 Å². The second kappa shape index (κ2) is 7.73. The van der Waals surface area contributed by atoms with Gasteiger partial charge in [0.05, 0.1) is 0 Å². The summed E-state index contributed by atoms with van der Waals surface area (Å²) < 4.78 is 0. The van der Waals surface area contributed by atoms with Crippen LogP contribution in [0.2, 0.25) is 0 Å². The van der Waals surface area contributed by atoms with Crippen molar-refractivity contribution in [3.8, 4) is 11.1 Å². The highest BCUT2D eigenvalue weighted by molar-refractivity contribution is 5.86. The van der Waals surface area contributed by atoms with E-state index in [1.54, 1.807) is 6.20 Å². The number of aromatic nitrogens is 2. The molecule has 4 nitrogen and oxygen atoms in total. The summed E-state index contributed by atoms with van der Waals surface area (Å²) in [6.45, 7) is 4.67. The summed E-state index contributed by atoms with van der Waals surface area (Å²) >= 11 is 0. The predicted octanol–water partition coefficient (Wildman–Crippen LogP) is 7.22. The van der Waals surface area contributed by atoms with Crippen LogP contribution in [0.25, 0.3) is 11.1 Å². The molecule has 164 valence electrons. The maximum atomic E-state index is 4.82. The van der Waals surface area contributed by atoms with Gasteiger partial charge in [0.2, 0.25) is 0 Å². The molecule has 2 aliphatic heterocycles. The monoisotopic (exact) mass is 432 g/mol. The van der Waals surface area contributed by atoms with Gasteiger partial charge in [-0.15, -0.1) is 0 Å². The Hall–Kier alpha value is -3.66. The van der Waals surface area contributed by atoms with E-state index < -0.39 is 0 Å². The summed E-state index contributed by atoms with van der Waals surface area (Å²) in [4.78, 5) is 14.4. The summed E-state index contributed by atoms with van der Waals surface area (Å²) in [7, 11) is 0. The van der Waals surface area contributed by atoms with Crippen LogP contribution in [0.5, 0.6) is 0 Å². The lowest BCUT2D eigenvalue weighted by Gasteiger charge is -2.47. The van der Waals surface area contributed by atoms with Gasteiger partial charge in [-0.25, -0.2) is 9.97 Å². The second-order valence-corrected chi connectivity index (χ2v) is 9.05. The Kier molecular flexibility index (Phi) is 4.68. The van der Waals surface area contributed by atoms with E-state index in [2.05, 4.69) is 103 Å². The molecule has 0 bridgehead atoms. The van der Waals surface area contributed by atoms with Crippen LogP contribution >= 0.6 is 0 Å². The second-order valence-electron chi connectivity index (χ2n) is 9.05. The van der Waals surface area contributed by atoms with E-state index in [4.69, 9.17) is 9.97 Å². The van der Waals surface area contributed by atoms with Gasteiger partial charge in [0.1, 0.15) is 6.17 Å². The molecular formula is C29H28N4. The quantitative estimate of drug-likeness (QED) is 0.341. The minimum Gasteiger partial charge on any atom is -0.302 e. The Morgan fingerprint density at radius 1 is 0.758 bits per heavy atom. The van der Waals surface area contributed by atoms with Crippen LogP contribution in [0.4, 0.5) is 23.0 Å². The van der Waals surface area contributed by atoms with Crippen LogP contribution in [-0.2, 0) is 5.41 Å². The first-order valence-electron chi connectivity index (χ1n) is 11.9. The summed E-state index contributed by atoms with van der Waals surface area (Å²) in [6.07, 6.45) is 6.99. The molecule has 0 radical (unpaired) electrons. The van der Waals surface area contributed by atoms with E-state index in [1.165, 1.54) is 22.4 Å². The first kappa shape index (κ1) is 20.0. The smallest absolute Gasteiger partial charge is 0.178 e. The van der Waals surface area contributed by atoms with Gasteiger partial charge >= 0.3 is 0 Å². The van der Waals surface area contributed by atoms with Crippen LogP contribution in [0.1, 0.15) is 38.7 Å². The molecule has 33 heavy (non-hydrogen) atoms. The number of rotatable bonds is 4. The van der Waals surface area contributed by atoms with E-state index in [1.807, 2.05) is 6.20 Å². The molecule has 4 aromatic rings. The molecule has 0 spiro atoms. The number of para-hydroxylation sites is 1. The molecule has 0 saturated carbocycles. The van der Waals surface area contributed by atoms with Crippen molar-refractivity contribution in [2.75, 3.05) is 9.80 Å². The van der Waals surface area contributed by atoms with Gasteiger partial charge in [-0.05, 0) is 60.2 Å². The number of hydrogen-bond acceptors (Lipinski definition) is 4. The molecule has 0 aliphatic carbocycles. The topological polar surface area (TPSA) is 32.3 Å². The molecule has 3 heterocycles. The van der Waals surface area contributed by atoms with Gasteiger partial charge in [-0.2, -0.15) is 0 Å². The number of anilines is 4. The minimum absolute atomic E-state index is 0.0936. The molecule has 0 amide bonds. The molecule has 1 atom stereocenters. The average molecular weight is 433 g/mol. The fraction of sp³-hybridized carbons (Fsp3) is 0.241. The zero-order valence-electron chi connectivity index (χ0n) is 19.1. The minimum atomic E-state index is 0.0936. The third-order valence-corrected chi connectivity index (χ3v) is 7.61. The van der Waals surface area contributed by atoms with Crippen LogP contribution in [0.15, 0.2) is 91.3 Å². The highest BCUT2D eigenvalue weighted by Gasteiger charge is 2.50. The van der Waals surface area contributed by atoms with Crippen molar-refractivity contribution in [2.45, 2.75) is 44.7 Å². The van der Waals surface area contributed by atoms with Gasteiger partial charge in [-0.3, -0.25) is 0 Å². The zero-order chi connectivity index (χ0) is 22.4. The maximum absolute atomic E-state index is 4.82. The Balaban J connectivity index is 1.57. The van der Waals surface area contributed by atoms with E-state index in [9.17, 15) is 0 Å². The first-order chi connectivity index (χ1) is 16.3. The van der Waals surface area contributed by atoms with Crippen molar-refractivity contribution in [3.05, 3.63) is 96.8 Å². The molecule has 1 aromatic heterocycles. The summed E-state index contributed by atoms with van der Waals surface area (Å²) in [5.74, 6) is 1.88. The summed E-state index contributed by atoms with van der Waals surface area (Å²) in [5.41, 5.74) is 6.48. The van der Waals surface area contributed by atoms with E-state index in [0.29, 0.717) is 0 Å². The van der Waals surface area contributed by atoms with Crippen molar-refractivity contribution in [1.82, 2.24) is 9.97 Å². The van der Waals surface area contributed by atoms with Crippen LogP contribution in [-0.4, -0.2) is 16.1 Å². The van der Waals surface area contributed by atoms with Crippen molar-refractivity contribution >= 4 is 23.0 Å². The number of fused-ring (bicyclic) bond motifs is 5. The third kappa shape index (κ3) is 2.97. The summed E-state index contributed by atoms with van der Waals surface area (Å²) in [5, 5.41) is 0. The van der Waals surface area contributed by atoms with E-state index in [0.717, 1.165) is 36.6 Å². The highest BCUT2D eigenvalue weighted by atomic mass is 15.5. The van der Waals surface area contributed by atoms with Gasteiger partial charge in [0.25, 0.3) is 0 Å². The zero-order valence-corrected chi connectivity index (χ0v) is 19.1. The number of hydrogen-bond donors (Lipinski definition) is 0. The van der Waals surface area contributed by atoms with Crippen LogP contribution in [0, 0.1) is 0 Å². The predicted molar refractivity (Wildman–Crippen MR) is 135 cm³/mol. The fourth-order valence-electron chi connectivity index (χ4n) is 5.76. The highest BCUT2D eigenvalue weighted by Crippen LogP contribution is 2.56. The molecule has 0 N–H and O–H groups in total. The molecule has 0 fully saturated rings. The van der Waals surface area contributed by atoms with Gasteiger partial charge in [0.15, 0.2) is 11.6 Å². The lowest BCUT2D eigenvalue weighted by atomic mass is 9.69. The van der Waals surface area contributed by atoms with Crippen molar-refractivity contribution in [1.29, 1.82) is 0 Å². The summed E-state index contributed by atoms with van der Waals surface area (Å²) in [6, 6.07) is 28.3. The maximum Gasteiger partial charge on any atom is 0.178 e. The van der Waals surface area contributed by atoms with Crippen molar-refractivity contribution in [2.24, 2.45) is 0 Å². The van der Waals surface area contributed by atoms with Crippen molar-refractivity contribution < 1.29 is 0 Å². The Bertz CT molecular complexity index is 1280. The molecule has 1 unspecified atom stereocenters. The lowest BCUT2D eigenvalue weighted by molar-refractivity contribution is 0.322. The third-order valence-electron chi connectivity index (χ3n) is 7.61. The standard InChI is InChI=1S/C29H28N4/c1-3-29(4-2)20-26-32(23-13-9-6-10-14-23)27-28(31-18-17-30-27)33(26)25-16-15-22(19-24(25)29)21-11-7-5-8-12-21/h5-19,26H,3-4,20H2,1-2H3. The van der Waals surface area contributed by atoms with Gasteiger partial charge < -0.3 is 9.80 Å². The molecule has 4 heteroatoms. The molecular weight excluding hydrogens is 404 g/mol. The molecule has 6 rings (SSSR count). The Morgan fingerprint density at radius 3 is 2.06 bits per heavy atom. The fourth-order valence-corrected chi connectivity index (χ4v) is 5.76. The number of nitrogens with zero attached hydrogens (tertiary/aromatic N) is 4.